The molecule has 0 atom stereocenters. The van der Waals surface area contributed by atoms with Gasteiger partial charge in [-0.05, 0) is 37.1 Å². The number of quaternary nitrogens is 1. The number of carboxylic acids is 2. The van der Waals surface area contributed by atoms with Crippen LogP contribution in [0.15, 0.2) is 24.3 Å². The molecule has 0 amide bonds. The van der Waals surface area contributed by atoms with E-state index in [-0.39, 0.29) is 11.1 Å². The number of nitrogens with zero attached hydrogens (tertiary/aromatic N) is 1. The molecule has 0 aromatic heterocycles. The van der Waals surface area contributed by atoms with Crippen LogP contribution in [0.4, 0.5) is 0 Å². The number of carbonyl (C=O) groups is 2. The Morgan fingerprint density at radius 3 is 1.29 bits per heavy atom. The van der Waals surface area contributed by atoms with Crippen LogP contribution >= 0.6 is 0 Å². The SMILES string of the molecule is CCCCCCCCCCCC[N+](C)(C)C.O=C(O)c1ccc(C(=O)O)cc1. The molecule has 5 nitrogen and oxygen atoms in total. The van der Waals surface area contributed by atoms with E-state index in [2.05, 4.69) is 28.1 Å². The summed E-state index contributed by atoms with van der Waals surface area (Å²) in [5.74, 6) is -2.13. The van der Waals surface area contributed by atoms with Crippen molar-refractivity contribution in [3.63, 3.8) is 0 Å². The van der Waals surface area contributed by atoms with Crippen molar-refractivity contribution in [3.8, 4) is 0 Å². The van der Waals surface area contributed by atoms with E-state index in [9.17, 15) is 9.59 Å². The Kier molecular flexibility index (Phi) is 14.1. The maximum atomic E-state index is 10.3. The number of benzene rings is 1. The summed E-state index contributed by atoms with van der Waals surface area (Å²) in [5, 5.41) is 16.9. The van der Waals surface area contributed by atoms with E-state index in [1.807, 2.05) is 0 Å². The molecule has 0 aliphatic rings. The third kappa shape index (κ3) is 15.2. The highest BCUT2D eigenvalue weighted by Gasteiger charge is 2.05. The predicted octanol–water partition coefficient (Wildman–Crippen LogP) is 5.70. The average Bonchev–Trinajstić information content (AvgIpc) is 2.63. The number of unbranched alkanes of at least 4 members (excludes halogenated alkanes) is 9. The highest BCUT2D eigenvalue weighted by molar-refractivity contribution is 5.91. The zero-order valence-corrected chi connectivity index (χ0v) is 18.2. The third-order valence-corrected chi connectivity index (χ3v) is 4.56. The first kappa shape index (κ1) is 26.1. The number of hydrogen-bond donors (Lipinski definition) is 2. The van der Waals surface area contributed by atoms with Crippen molar-refractivity contribution >= 4 is 11.9 Å². The topological polar surface area (TPSA) is 74.6 Å². The van der Waals surface area contributed by atoms with Crippen LogP contribution in [0.3, 0.4) is 0 Å². The lowest BCUT2D eigenvalue weighted by atomic mass is 10.1. The summed E-state index contributed by atoms with van der Waals surface area (Å²) in [6.45, 7) is 3.62. The number of hydrogen-bond acceptors (Lipinski definition) is 2. The summed E-state index contributed by atoms with van der Waals surface area (Å²) in [7, 11) is 6.86. The zero-order valence-electron chi connectivity index (χ0n) is 18.2. The van der Waals surface area contributed by atoms with E-state index in [4.69, 9.17) is 10.2 Å². The monoisotopic (exact) mass is 394 g/mol. The van der Waals surface area contributed by atoms with E-state index in [0.29, 0.717) is 0 Å². The summed E-state index contributed by atoms with van der Waals surface area (Å²) in [4.78, 5) is 20.7. The summed E-state index contributed by atoms with van der Waals surface area (Å²) in [6.07, 6.45) is 14.4. The fourth-order valence-corrected chi connectivity index (χ4v) is 2.83. The van der Waals surface area contributed by atoms with Gasteiger partial charge < -0.3 is 14.7 Å². The first-order valence-corrected chi connectivity index (χ1v) is 10.5. The van der Waals surface area contributed by atoms with E-state index in [1.165, 1.54) is 95.0 Å². The Morgan fingerprint density at radius 1 is 0.679 bits per heavy atom. The smallest absolute Gasteiger partial charge is 0.335 e. The highest BCUT2D eigenvalue weighted by Crippen LogP contribution is 2.11. The standard InChI is InChI=1S/C15H34N.C8H6O4/c1-5-6-7-8-9-10-11-12-13-14-15-16(2,3)4;9-7(10)5-1-2-6(4-3-5)8(11)12/h5-15H2,1-4H3;1-4H,(H,9,10)(H,11,12)/q+1;. The molecule has 0 heterocycles. The van der Waals surface area contributed by atoms with Gasteiger partial charge in [-0.3, -0.25) is 0 Å². The minimum absolute atomic E-state index is 0.0833. The molecule has 1 aromatic rings. The molecule has 0 saturated carbocycles. The number of aromatic carboxylic acids is 2. The van der Waals surface area contributed by atoms with Gasteiger partial charge in [0, 0.05) is 0 Å². The van der Waals surface area contributed by atoms with Gasteiger partial charge in [0.05, 0.1) is 38.8 Å². The van der Waals surface area contributed by atoms with Crippen LogP contribution in [0, 0.1) is 0 Å². The van der Waals surface area contributed by atoms with E-state index >= 15 is 0 Å². The molecule has 160 valence electrons. The fourth-order valence-electron chi connectivity index (χ4n) is 2.83. The van der Waals surface area contributed by atoms with Gasteiger partial charge in [0.25, 0.3) is 0 Å². The Labute approximate surface area is 171 Å². The number of rotatable bonds is 13. The molecule has 1 aromatic carbocycles. The van der Waals surface area contributed by atoms with E-state index < -0.39 is 11.9 Å². The summed E-state index contributed by atoms with van der Waals surface area (Å²) in [5.41, 5.74) is 0.167. The molecule has 0 bridgehead atoms. The zero-order chi connectivity index (χ0) is 21.4. The van der Waals surface area contributed by atoms with E-state index in [1.54, 1.807) is 0 Å². The molecular formula is C23H40NO4+. The fraction of sp³-hybridized carbons (Fsp3) is 0.652. The van der Waals surface area contributed by atoms with Gasteiger partial charge in [0.15, 0.2) is 0 Å². The first-order valence-electron chi connectivity index (χ1n) is 10.5. The van der Waals surface area contributed by atoms with Crippen LogP contribution < -0.4 is 0 Å². The van der Waals surface area contributed by atoms with Crippen LogP contribution in [0.5, 0.6) is 0 Å². The molecule has 0 spiro atoms. The van der Waals surface area contributed by atoms with Crippen molar-refractivity contribution in [2.75, 3.05) is 27.7 Å². The Bertz CT molecular complexity index is 514. The Morgan fingerprint density at radius 2 is 1.00 bits per heavy atom. The van der Waals surface area contributed by atoms with Gasteiger partial charge in [-0.2, -0.15) is 0 Å². The van der Waals surface area contributed by atoms with E-state index in [0.717, 1.165) is 4.48 Å². The molecule has 0 fully saturated rings. The summed E-state index contributed by atoms with van der Waals surface area (Å²) >= 11 is 0. The predicted molar refractivity (Wildman–Crippen MR) is 115 cm³/mol. The maximum Gasteiger partial charge on any atom is 0.335 e. The Balaban J connectivity index is 0.000000540. The molecule has 0 saturated heterocycles. The second-order valence-corrected chi connectivity index (χ2v) is 8.38. The van der Waals surface area contributed by atoms with Crippen LogP contribution in [-0.4, -0.2) is 54.3 Å². The average molecular weight is 395 g/mol. The van der Waals surface area contributed by atoms with Gasteiger partial charge in [-0.15, -0.1) is 0 Å². The molecule has 0 radical (unpaired) electrons. The quantitative estimate of drug-likeness (QED) is 0.332. The van der Waals surface area contributed by atoms with Crippen molar-refractivity contribution in [1.29, 1.82) is 0 Å². The molecule has 1 rings (SSSR count). The van der Waals surface area contributed by atoms with Gasteiger partial charge >= 0.3 is 11.9 Å². The molecule has 28 heavy (non-hydrogen) atoms. The normalized spacial score (nSPS) is 10.9. The highest BCUT2D eigenvalue weighted by atomic mass is 16.4. The minimum atomic E-state index is -1.06. The van der Waals surface area contributed by atoms with Crippen LogP contribution in [0.1, 0.15) is 91.8 Å². The van der Waals surface area contributed by atoms with Crippen molar-refractivity contribution in [3.05, 3.63) is 35.4 Å². The van der Waals surface area contributed by atoms with Crippen LogP contribution in [-0.2, 0) is 0 Å². The molecular weight excluding hydrogens is 354 g/mol. The van der Waals surface area contributed by atoms with Crippen molar-refractivity contribution in [1.82, 2.24) is 0 Å². The van der Waals surface area contributed by atoms with Crippen LogP contribution in [0.25, 0.3) is 0 Å². The Hall–Kier alpha value is -1.88. The number of carboxylic acid groups (broad SMARTS) is 2. The molecule has 0 aliphatic carbocycles. The van der Waals surface area contributed by atoms with Crippen LogP contribution in [0.2, 0.25) is 0 Å². The van der Waals surface area contributed by atoms with Crippen molar-refractivity contribution in [2.45, 2.75) is 71.1 Å². The van der Waals surface area contributed by atoms with Crippen molar-refractivity contribution in [2.24, 2.45) is 0 Å². The summed E-state index contributed by atoms with van der Waals surface area (Å²) in [6, 6.07) is 5.02. The molecule has 2 N–H and O–H groups in total. The van der Waals surface area contributed by atoms with Gasteiger partial charge in [-0.1, -0.05) is 58.3 Å². The lowest BCUT2D eigenvalue weighted by Crippen LogP contribution is -2.35. The maximum absolute atomic E-state index is 10.3. The third-order valence-electron chi connectivity index (χ3n) is 4.56. The second kappa shape index (κ2) is 15.1. The van der Waals surface area contributed by atoms with Gasteiger partial charge in [0.2, 0.25) is 0 Å². The summed E-state index contributed by atoms with van der Waals surface area (Å²) < 4.78 is 1.12. The van der Waals surface area contributed by atoms with Crippen molar-refractivity contribution < 1.29 is 24.3 Å². The minimum Gasteiger partial charge on any atom is -0.478 e. The second-order valence-electron chi connectivity index (χ2n) is 8.38. The molecule has 0 unspecified atom stereocenters. The van der Waals surface area contributed by atoms with Gasteiger partial charge in [0.1, 0.15) is 0 Å². The lowest BCUT2D eigenvalue weighted by Gasteiger charge is -2.23. The molecule has 0 aliphatic heterocycles. The lowest BCUT2D eigenvalue weighted by molar-refractivity contribution is -0.870. The molecule has 5 heteroatoms. The van der Waals surface area contributed by atoms with Gasteiger partial charge in [-0.25, -0.2) is 9.59 Å². The first-order chi connectivity index (χ1) is 13.2. The largest absolute Gasteiger partial charge is 0.478 e.